The third kappa shape index (κ3) is 5.31. The van der Waals surface area contributed by atoms with Crippen LogP contribution in [0.3, 0.4) is 0 Å². The first-order chi connectivity index (χ1) is 16.1. The van der Waals surface area contributed by atoms with Crippen LogP contribution < -0.4 is 10.0 Å². The van der Waals surface area contributed by atoms with Gasteiger partial charge >= 0.3 is 5.97 Å². The highest BCUT2D eigenvalue weighted by molar-refractivity contribution is 7.89. The van der Waals surface area contributed by atoms with Gasteiger partial charge in [-0.05, 0) is 87.6 Å². The average Bonchev–Trinajstić information content (AvgIpc) is 3.38. The van der Waals surface area contributed by atoms with Crippen LogP contribution in [0.4, 0.5) is 5.69 Å². The maximum Gasteiger partial charge on any atom is 0.311 e. The molecule has 4 rings (SSSR count). The Hall–Kier alpha value is -3.17. The number of sulfonamides is 1. The summed E-state index contributed by atoms with van der Waals surface area (Å²) < 4.78 is 37.9. The maximum atomic E-state index is 12.5. The molecule has 9 heteroatoms. The third-order valence-corrected chi connectivity index (χ3v) is 7.38. The molecule has 0 bridgehead atoms. The number of fused-ring (bicyclic) bond motifs is 2. The summed E-state index contributed by atoms with van der Waals surface area (Å²) in [5, 5.41) is 3.53. The monoisotopic (exact) mass is 484 g/mol. The lowest BCUT2D eigenvalue weighted by atomic mass is 10.0. The first-order valence-electron chi connectivity index (χ1n) is 11.3. The number of hydrogen-bond donors (Lipinski definition) is 2. The van der Waals surface area contributed by atoms with E-state index in [1.54, 1.807) is 20.1 Å². The van der Waals surface area contributed by atoms with Crippen LogP contribution in [-0.4, -0.2) is 32.4 Å². The number of ether oxygens (including phenoxy) is 1. The lowest BCUT2D eigenvalue weighted by molar-refractivity contribution is -0.152. The first kappa shape index (κ1) is 24.0. The fourth-order valence-electron chi connectivity index (χ4n) is 4.07. The summed E-state index contributed by atoms with van der Waals surface area (Å²) in [6.45, 7) is 4.95. The largest absolute Gasteiger partial charge is 0.464 e. The highest BCUT2D eigenvalue weighted by atomic mass is 32.2. The lowest BCUT2D eigenvalue weighted by Crippen LogP contribution is -2.31. The molecule has 1 aromatic heterocycles. The van der Waals surface area contributed by atoms with Crippen molar-refractivity contribution < 1.29 is 27.2 Å². The van der Waals surface area contributed by atoms with Crippen molar-refractivity contribution in [2.24, 2.45) is 0 Å². The van der Waals surface area contributed by atoms with E-state index in [1.165, 1.54) is 42.3 Å². The molecule has 0 saturated heterocycles. The Morgan fingerprint density at radius 3 is 2.41 bits per heavy atom. The van der Waals surface area contributed by atoms with Gasteiger partial charge < -0.3 is 14.5 Å². The van der Waals surface area contributed by atoms with Crippen LogP contribution in [0, 0.1) is 0 Å². The number of hydrogen-bond acceptors (Lipinski definition) is 6. The van der Waals surface area contributed by atoms with Crippen LogP contribution in [0.15, 0.2) is 52.0 Å². The van der Waals surface area contributed by atoms with E-state index in [9.17, 15) is 18.0 Å². The average molecular weight is 485 g/mol. The van der Waals surface area contributed by atoms with Gasteiger partial charge in [0.15, 0.2) is 6.10 Å². The molecule has 1 atom stereocenters. The molecule has 3 aromatic rings. The van der Waals surface area contributed by atoms with E-state index in [0.717, 1.165) is 35.8 Å². The van der Waals surface area contributed by atoms with Crippen LogP contribution in [0.2, 0.25) is 0 Å². The Morgan fingerprint density at radius 1 is 1.06 bits per heavy atom. The van der Waals surface area contributed by atoms with Crippen molar-refractivity contribution in [2.45, 2.75) is 63.5 Å². The number of nitrogens with one attached hydrogen (secondary N) is 2. The number of carbonyl (C=O) groups excluding carboxylic acids is 2. The zero-order valence-corrected chi connectivity index (χ0v) is 20.2. The van der Waals surface area contributed by atoms with Crippen molar-refractivity contribution in [1.29, 1.82) is 0 Å². The maximum absolute atomic E-state index is 12.5. The number of amides is 1. The highest BCUT2D eigenvalue weighted by Gasteiger charge is 2.21. The number of rotatable bonds is 8. The van der Waals surface area contributed by atoms with Crippen molar-refractivity contribution in [3.05, 3.63) is 59.4 Å². The topological polar surface area (TPSA) is 115 Å². The zero-order chi connectivity index (χ0) is 24.5. The molecule has 0 aliphatic heterocycles. The number of furan rings is 1. The van der Waals surface area contributed by atoms with E-state index in [2.05, 4.69) is 16.1 Å². The molecular weight excluding hydrogens is 456 g/mol. The molecule has 1 heterocycles. The molecule has 0 saturated carbocycles. The molecule has 1 amide bonds. The normalized spacial score (nSPS) is 14.2. The van der Waals surface area contributed by atoms with Crippen molar-refractivity contribution in [1.82, 2.24) is 4.72 Å². The molecule has 0 radical (unpaired) electrons. The Balaban J connectivity index is 1.35. The van der Waals surface area contributed by atoms with Crippen molar-refractivity contribution in [3.8, 4) is 0 Å². The van der Waals surface area contributed by atoms with Crippen molar-refractivity contribution in [2.75, 3.05) is 5.32 Å². The molecule has 1 aliphatic rings. The molecular formula is C25H28N2O6S. The molecule has 8 nitrogen and oxygen atoms in total. The first-order valence-corrected chi connectivity index (χ1v) is 12.8. The van der Waals surface area contributed by atoms with Crippen LogP contribution in [-0.2, 0) is 43.6 Å². The van der Waals surface area contributed by atoms with E-state index in [0.29, 0.717) is 5.69 Å². The number of esters is 1. The molecule has 2 N–H and O–H groups in total. The summed E-state index contributed by atoms with van der Waals surface area (Å²) in [4.78, 5) is 25.1. The quantitative estimate of drug-likeness (QED) is 0.471. The van der Waals surface area contributed by atoms with Gasteiger partial charge in [0, 0.05) is 22.7 Å². The molecule has 2 aromatic carbocycles. The van der Waals surface area contributed by atoms with Gasteiger partial charge in [-0.3, -0.25) is 9.59 Å². The van der Waals surface area contributed by atoms with E-state index in [1.807, 2.05) is 6.07 Å². The molecule has 1 unspecified atom stereocenters. The summed E-state index contributed by atoms with van der Waals surface area (Å²) in [5.41, 5.74) is 4.46. The van der Waals surface area contributed by atoms with Gasteiger partial charge in [-0.15, -0.1) is 0 Å². The minimum atomic E-state index is -3.62. The Kier molecular flexibility index (Phi) is 6.77. The van der Waals surface area contributed by atoms with E-state index < -0.39 is 28.0 Å². The van der Waals surface area contributed by atoms with Crippen LogP contribution >= 0.6 is 0 Å². The summed E-state index contributed by atoms with van der Waals surface area (Å²) in [6.07, 6.45) is 3.73. The van der Waals surface area contributed by atoms with E-state index in [-0.39, 0.29) is 17.4 Å². The second kappa shape index (κ2) is 9.60. The molecule has 34 heavy (non-hydrogen) atoms. The van der Waals surface area contributed by atoms with Gasteiger partial charge in [-0.2, -0.15) is 0 Å². The molecule has 1 aliphatic carbocycles. The summed E-state index contributed by atoms with van der Waals surface area (Å²) in [6, 6.07) is 9.66. The van der Waals surface area contributed by atoms with Gasteiger partial charge in [-0.1, -0.05) is 0 Å². The van der Waals surface area contributed by atoms with Crippen LogP contribution in [0.1, 0.15) is 43.9 Å². The predicted molar refractivity (Wildman–Crippen MR) is 128 cm³/mol. The molecule has 0 fully saturated rings. The van der Waals surface area contributed by atoms with Crippen molar-refractivity contribution in [3.63, 3.8) is 0 Å². The second-order valence-electron chi connectivity index (χ2n) is 8.83. The Bertz CT molecular complexity index is 1330. The van der Waals surface area contributed by atoms with Crippen LogP contribution in [0.25, 0.3) is 11.0 Å². The fraction of sp³-hybridized carbons (Fsp3) is 0.360. The summed E-state index contributed by atoms with van der Waals surface area (Å²) in [5.74, 6) is -1.05. The van der Waals surface area contributed by atoms with Crippen molar-refractivity contribution >= 4 is 38.6 Å². The van der Waals surface area contributed by atoms with Gasteiger partial charge in [-0.25, -0.2) is 13.1 Å². The second-order valence-corrected chi connectivity index (χ2v) is 10.5. The fourth-order valence-corrected chi connectivity index (χ4v) is 5.32. The number of anilines is 1. The minimum absolute atomic E-state index is 0.00118. The van der Waals surface area contributed by atoms with E-state index >= 15 is 0 Å². The zero-order valence-electron chi connectivity index (χ0n) is 19.4. The van der Waals surface area contributed by atoms with E-state index in [4.69, 9.17) is 9.15 Å². The summed E-state index contributed by atoms with van der Waals surface area (Å²) >= 11 is 0. The number of carbonyl (C=O) groups is 2. The number of aryl methyl sites for hydroxylation is 2. The SMILES string of the molecule is CC(C)NS(=O)(=O)c1ccc(NC(=O)C(C)OC(=O)Cc2coc3cc4c(cc23)CCC4)cc1. The predicted octanol–water partition coefficient (Wildman–Crippen LogP) is 3.72. The molecule has 180 valence electrons. The standard InChI is InChI=1S/C25H28N2O6S/c1-15(2)27-34(30,31)21-9-7-20(8-10-21)26-25(29)16(3)33-24(28)13-19-14-32-23-12-18-6-4-5-17(18)11-22(19)23/h7-12,14-16,27H,4-6,13H2,1-3H3,(H,26,29). The van der Waals surface area contributed by atoms with Gasteiger partial charge in [0.05, 0.1) is 17.6 Å². The highest BCUT2D eigenvalue weighted by Crippen LogP contribution is 2.30. The Morgan fingerprint density at radius 2 is 1.74 bits per heavy atom. The van der Waals surface area contributed by atoms with Gasteiger partial charge in [0.2, 0.25) is 10.0 Å². The third-order valence-electron chi connectivity index (χ3n) is 5.70. The minimum Gasteiger partial charge on any atom is -0.464 e. The molecule has 0 spiro atoms. The summed E-state index contributed by atoms with van der Waals surface area (Å²) in [7, 11) is -3.62. The smallest absolute Gasteiger partial charge is 0.311 e. The lowest BCUT2D eigenvalue weighted by Gasteiger charge is -2.14. The number of benzene rings is 2. The Labute approximate surface area is 198 Å². The van der Waals surface area contributed by atoms with Gasteiger partial charge in [0.1, 0.15) is 5.58 Å². The van der Waals surface area contributed by atoms with Gasteiger partial charge in [0.25, 0.3) is 5.91 Å². The van der Waals surface area contributed by atoms with Crippen LogP contribution in [0.5, 0.6) is 0 Å².